The summed E-state index contributed by atoms with van der Waals surface area (Å²) < 4.78 is 6.06. The molecule has 0 saturated heterocycles. The Morgan fingerprint density at radius 2 is 1.76 bits per heavy atom. The third kappa shape index (κ3) is 4.34. The molecule has 0 saturated carbocycles. The number of hydrogen-bond donors (Lipinski definition) is 2. The van der Waals surface area contributed by atoms with E-state index in [2.05, 4.69) is 9.97 Å². The Labute approximate surface area is 196 Å². The SMILES string of the molecule is Cc1sc(-c2ccncc2)c(-c2ccc(O)c3c(C)ccnc23)c1C(OC(C)(C)C)C(=O)O. The molecule has 0 aliphatic carbocycles. The lowest BCUT2D eigenvalue weighted by atomic mass is 9.91. The molecular formula is C26H26N2O4S. The first-order valence-corrected chi connectivity index (χ1v) is 11.4. The molecule has 7 heteroatoms. The number of rotatable bonds is 5. The molecule has 0 aliphatic heterocycles. The van der Waals surface area contributed by atoms with Crippen molar-refractivity contribution in [1.29, 1.82) is 0 Å². The van der Waals surface area contributed by atoms with E-state index in [1.807, 2.05) is 52.8 Å². The van der Waals surface area contributed by atoms with Gasteiger partial charge in [-0.3, -0.25) is 9.97 Å². The number of carboxylic acids is 1. The van der Waals surface area contributed by atoms with Crippen molar-refractivity contribution in [3.8, 4) is 27.3 Å². The number of aryl methyl sites for hydroxylation is 2. The van der Waals surface area contributed by atoms with Crippen LogP contribution in [0, 0.1) is 13.8 Å². The van der Waals surface area contributed by atoms with Crippen LogP contribution in [0.15, 0.2) is 48.9 Å². The van der Waals surface area contributed by atoms with E-state index in [1.54, 1.807) is 30.7 Å². The van der Waals surface area contributed by atoms with Gasteiger partial charge in [-0.1, -0.05) is 0 Å². The summed E-state index contributed by atoms with van der Waals surface area (Å²) in [4.78, 5) is 22.9. The Bertz CT molecular complexity index is 1330. The van der Waals surface area contributed by atoms with Gasteiger partial charge in [-0.25, -0.2) is 4.79 Å². The second kappa shape index (κ2) is 8.57. The van der Waals surface area contributed by atoms with Gasteiger partial charge in [0.25, 0.3) is 0 Å². The smallest absolute Gasteiger partial charge is 0.337 e. The molecule has 0 amide bonds. The highest BCUT2D eigenvalue weighted by molar-refractivity contribution is 7.16. The van der Waals surface area contributed by atoms with Gasteiger partial charge in [-0.2, -0.15) is 0 Å². The number of thiophene rings is 1. The number of nitrogens with zero attached hydrogens (tertiary/aromatic N) is 2. The number of fused-ring (bicyclic) bond motifs is 1. The zero-order valence-electron chi connectivity index (χ0n) is 19.2. The molecule has 1 atom stereocenters. The van der Waals surface area contributed by atoms with Crippen molar-refractivity contribution >= 4 is 28.2 Å². The lowest BCUT2D eigenvalue weighted by Gasteiger charge is -2.26. The Hall–Kier alpha value is -3.29. The number of carboxylic acid groups (broad SMARTS) is 1. The molecule has 170 valence electrons. The maximum atomic E-state index is 12.4. The van der Waals surface area contributed by atoms with Gasteiger partial charge in [-0.15, -0.1) is 11.3 Å². The molecule has 0 radical (unpaired) electrons. The number of hydrogen-bond acceptors (Lipinski definition) is 6. The van der Waals surface area contributed by atoms with Crippen LogP contribution in [0.2, 0.25) is 0 Å². The van der Waals surface area contributed by atoms with E-state index in [0.29, 0.717) is 16.5 Å². The van der Waals surface area contributed by atoms with E-state index >= 15 is 0 Å². The summed E-state index contributed by atoms with van der Waals surface area (Å²) >= 11 is 1.52. The van der Waals surface area contributed by atoms with Crippen LogP contribution in [0.25, 0.3) is 32.5 Å². The summed E-state index contributed by atoms with van der Waals surface area (Å²) in [5.41, 5.74) is 3.86. The number of aromatic hydroxyl groups is 1. The van der Waals surface area contributed by atoms with E-state index < -0.39 is 17.7 Å². The normalized spacial score (nSPS) is 12.8. The molecule has 1 aromatic carbocycles. The number of benzene rings is 1. The highest BCUT2D eigenvalue weighted by Gasteiger charge is 2.34. The van der Waals surface area contributed by atoms with Crippen LogP contribution in [-0.4, -0.2) is 31.8 Å². The zero-order valence-corrected chi connectivity index (χ0v) is 20.0. The van der Waals surface area contributed by atoms with Gasteiger partial charge in [0.2, 0.25) is 0 Å². The first kappa shape index (κ1) is 22.9. The van der Waals surface area contributed by atoms with Crippen LogP contribution in [0.4, 0.5) is 0 Å². The quantitative estimate of drug-likeness (QED) is 0.362. The molecular weight excluding hydrogens is 436 g/mol. The molecule has 1 unspecified atom stereocenters. The molecule has 6 nitrogen and oxygen atoms in total. The van der Waals surface area contributed by atoms with Gasteiger partial charge < -0.3 is 14.9 Å². The monoisotopic (exact) mass is 462 g/mol. The summed E-state index contributed by atoms with van der Waals surface area (Å²) in [5, 5.41) is 21.4. The van der Waals surface area contributed by atoms with Gasteiger partial charge in [0.15, 0.2) is 6.10 Å². The fourth-order valence-electron chi connectivity index (χ4n) is 4.05. The van der Waals surface area contributed by atoms with Gasteiger partial charge in [0.1, 0.15) is 5.75 Å². The van der Waals surface area contributed by atoms with Crippen molar-refractivity contribution in [3.63, 3.8) is 0 Å². The number of aromatic nitrogens is 2. The van der Waals surface area contributed by atoms with Crippen molar-refractivity contribution in [3.05, 3.63) is 64.9 Å². The van der Waals surface area contributed by atoms with Crippen LogP contribution in [0.1, 0.15) is 42.9 Å². The lowest BCUT2D eigenvalue weighted by molar-refractivity contribution is -0.160. The molecule has 33 heavy (non-hydrogen) atoms. The summed E-state index contributed by atoms with van der Waals surface area (Å²) in [6.45, 7) is 9.36. The molecule has 3 aromatic heterocycles. The van der Waals surface area contributed by atoms with Crippen molar-refractivity contribution in [2.45, 2.75) is 46.3 Å². The van der Waals surface area contributed by atoms with Gasteiger partial charge >= 0.3 is 5.97 Å². The fraction of sp³-hybridized carbons (Fsp3) is 0.269. The van der Waals surface area contributed by atoms with E-state index in [0.717, 1.165) is 32.0 Å². The third-order valence-electron chi connectivity index (χ3n) is 5.38. The Morgan fingerprint density at radius 1 is 1.06 bits per heavy atom. The van der Waals surface area contributed by atoms with Crippen molar-refractivity contribution in [1.82, 2.24) is 9.97 Å². The largest absolute Gasteiger partial charge is 0.507 e. The average molecular weight is 463 g/mol. The number of aliphatic carboxylic acids is 1. The predicted molar refractivity (Wildman–Crippen MR) is 131 cm³/mol. The minimum Gasteiger partial charge on any atom is -0.507 e. The van der Waals surface area contributed by atoms with Crippen LogP contribution < -0.4 is 0 Å². The summed E-state index contributed by atoms with van der Waals surface area (Å²) in [7, 11) is 0. The maximum absolute atomic E-state index is 12.4. The number of carbonyl (C=O) groups is 1. The second-order valence-electron chi connectivity index (χ2n) is 8.94. The molecule has 2 N–H and O–H groups in total. The summed E-state index contributed by atoms with van der Waals surface area (Å²) in [5.74, 6) is -0.917. The third-order valence-corrected chi connectivity index (χ3v) is 6.55. The molecule has 4 rings (SSSR count). The molecule has 0 aliphatic rings. The molecule has 4 aromatic rings. The summed E-state index contributed by atoms with van der Waals surface area (Å²) in [6, 6.07) is 9.09. The number of ether oxygens (including phenoxy) is 1. The standard InChI is InChI=1S/C26H26N2O4S/c1-14-8-13-28-22-17(6-7-18(29)19(14)22)21-20(23(25(30)31)32-26(3,4)5)15(2)33-24(21)16-9-11-27-12-10-16/h6-13,23,29H,1-5H3,(H,30,31). The van der Waals surface area contributed by atoms with Gasteiger partial charge in [0, 0.05) is 50.4 Å². The zero-order chi connectivity index (χ0) is 23.9. The highest BCUT2D eigenvalue weighted by Crippen LogP contribution is 2.49. The number of phenolic OH excluding ortho intramolecular Hbond substituents is 1. The van der Waals surface area contributed by atoms with Crippen LogP contribution in [0.5, 0.6) is 5.75 Å². The van der Waals surface area contributed by atoms with Crippen molar-refractivity contribution in [2.75, 3.05) is 0 Å². The summed E-state index contributed by atoms with van der Waals surface area (Å²) in [6.07, 6.45) is 3.96. The fourth-order valence-corrected chi connectivity index (χ4v) is 5.25. The minimum absolute atomic E-state index is 0.138. The Morgan fingerprint density at radius 3 is 2.39 bits per heavy atom. The minimum atomic E-state index is -1.17. The van der Waals surface area contributed by atoms with E-state index in [9.17, 15) is 15.0 Å². The van der Waals surface area contributed by atoms with Crippen LogP contribution in [-0.2, 0) is 9.53 Å². The average Bonchev–Trinajstić information content (AvgIpc) is 3.09. The predicted octanol–water partition coefficient (Wildman–Crippen LogP) is 6.29. The van der Waals surface area contributed by atoms with Gasteiger partial charge in [-0.05, 0) is 76.1 Å². The topological polar surface area (TPSA) is 92.5 Å². The van der Waals surface area contributed by atoms with E-state index in [4.69, 9.17) is 4.74 Å². The first-order valence-electron chi connectivity index (χ1n) is 10.6. The van der Waals surface area contributed by atoms with Crippen molar-refractivity contribution in [2.24, 2.45) is 0 Å². The lowest BCUT2D eigenvalue weighted by Crippen LogP contribution is -2.27. The van der Waals surface area contributed by atoms with Crippen LogP contribution in [0.3, 0.4) is 0 Å². The Kier molecular flexibility index (Phi) is 5.95. The number of phenols is 1. The molecule has 3 heterocycles. The Balaban J connectivity index is 2.11. The van der Waals surface area contributed by atoms with Crippen LogP contribution >= 0.6 is 11.3 Å². The van der Waals surface area contributed by atoms with E-state index in [-0.39, 0.29) is 5.75 Å². The van der Waals surface area contributed by atoms with E-state index in [1.165, 1.54) is 11.3 Å². The van der Waals surface area contributed by atoms with Gasteiger partial charge in [0.05, 0.1) is 11.1 Å². The molecule has 0 bridgehead atoms. The number of pyridine rings is 2. The maximum Gasteiger partial charge on any atom is 0.337 e. The second-order valence-corrected chi connectivity index (χ2v) is 10.2. The molecule has 0 fully saturated rings. The first-order chi connectivity index (χ1) is 15.6. The van der Waals surface area contributed by atoms with Crippen molar-refractivity contribution < 1.29 is 19.7 Å². The molecule has 0 spiro atoms. The highest BCUT2D eigenvalue weighted by atomic mass is 32.1.